The lowest BCUT2D eigenvalue weighted by Crippen LogP contribution is -2.41. The molecule has 2 N–H and O–H groups in total. The van der Waals surface area contributed by atoms with Gasteiger partial charge < -0.3 is 10.6 Å². The maximum absolute atomic E-state index is 12.4. The van der Waals surface area contributed by atoms with Gasteiger partial charge in [0.15, 0.2) is 5.17 Å². The summed E-state index contributed by atoms with van der Waals surface area (Å²) in [5, 5.41) is 9.28. The van der Waals surface area contributed by atoms with E-state index in [2.05, 4.69) is 28.1 Å². The summed E-state index contributed by atoms with van der Waals surface area (Å²) in [4.78, 5) is 18.6. The first-order valence-electron chi connectivity index (χ1n) is 7.62. The van der Waals surface area contributed by atoms with Crippen molar-refractivity contribution >= 4 is 34.2 Å². The number of thioether (sulfide) groups is 1. The van der Waals surface area contributed by atoms with Crippen LogP contribution in [0.1, 0.15) is 15.2 Å². The van der Waals surface area contributed by atoms with Crippen LogP contribution in [-0.4, -0.2) is 29.9 Å². The van der Waals surface area contributed by atoms with Gasteiger partial charge in [0.1, 0.15) is 5.54 Å². The van der Waals surface area contributed by atoms with E-state index in [1.165, 1.54) is 4.88 Å². The Morgan fingerprint density at radius 3 is 2.91 bits per heavy atom. The number of nitrogens with one attached hydrogen (secondary N) is 2. The molecule has 2 aliphatic rings. The summed E-state index contributed by atoms with van der Waals surface area (Å²) in [6.45, 7) is 1.82. The molecule has 1 aromatic carbocycles. The Bertz CT molecular complexity index is 730. The minimum absolute atomic E-state index is 0.0948. The Kier molecular flexibility index (Phi) is 3.97. The van der Waals surface area contributed by atoms with Crippen LogP contribution < -0.4 is 10.6 Å². The third kappa shape index (κ3) is 2.71. The lowest BCUT2D eigenvalue weighted by atomic mass is 9.87. The van der Waals surface area contributed by atoms with Gasteiger partial charge in [-0.1, -0.05) is 36.0 Å². The molecular formula is C17H17N3OS2. The van der Waals surface area contributed by atoms with Crippen molar-refractivity contribution in [3.05, 3.63) is 58.3 Å². The van der Waals surface area contributed by atoms with Crippen LogP contribution in [0.2, 0.25) is 0 Å². The van der Waals surface area contributed by atoms with Crippen LogP contribution in [0.3, 0.4) is 0 Å². The average molecular weight is 343 g/mol. The molecule has 2 atom stereocenters. The highest BCUT2D eigenvalue weighted by atomic mass is 32.2. The summed E-state index contributed by atoms with van der Waals surface area (Å²) in [5.41, 5.74) is 0.436. The summed E-state index contributed by atoms with van der Waals surface area (Å²) in [5.74, 6) is 1.35. The van der Waals surface area contributed by atoms with Crippen LogP contribution in [0, 0.1) is 5.92 Å². The largest absolute Gasteiger partial charge is 0.314 e. The monoisotopic (exact) mass is 343 g/mol. The quantitative estimate of drug-likeness (QED) is 0.881. The van der Waals surface area contributed by atoms with E-state index in [-0.39, 0.29) is 11.4 Å². The van der Waals surface area contributed by atoms with Crippen molar-refractivity contribution in [1.82, 2.24) is 10.6 Å². The summed E-state index contributed by atoms with van der Waals surface area (Å²) in [7, 11) is 0. The molecule has 3 heterocycles. The average Bonchev–Trinajstić information content (AvgIpc) is 3.25. The first-order valence-corrected chi connectivity index (χ1v) is 9.48. The van der Waals surface area contributed by atoms with Crippen molar-refractivity contribution in [2.45, 2.75) is 5.54 Å². The molecule has 23 heavy (non-hydrogen) atoms. The molecule has 0 radical (unpaired) electrons. The number of aliphatic imine (C=N–C) groups is 1. The van der Waals surface area contributed by atoms with Gasteiger partial charge in [0, 0.05) is 35.2 Å². The Hall–Kier alpha value is -1.63. The number of carbonyl (C=O) groups is 1. The van der Waals surface area contributed by atoms with Gasteiger partial charge in [-0.25, -0.2) is 4.99 Å². The fourth-order valence-electron chi connectivity index (χ4n) is 3.16. The Balaban J connectivity index is 1.62. The van der Waals surface area contributed by atoms with E-state index in [0.717, 1.165) is 24.0 Å². The molecule has 0 saturated carbocycles. The van der Waals surface area contributed by atoms with Crippen LogP contribution >= 0.6 is 23.1 Å². The van der Waals surface area contributed by atoms with Crippen molar-refractivity contribution in [2.24, 2.45) is 10.9 Å². The highest BCUT2D eigenvalue weighted by molar-refractivity contribution is 8.13. The minimum Gasteiger partial charge on any atom is -0.314 e. The second kappa shape index (κ2) is 6.11. The number of hydrogen-bond donors (Lipinski definition) is 2. The van der Waals surface area contributed by atoms with Crippen LogP contribution in [0.25, 0.3) is 0 Å². The van der Waals surface area contributed by atoms with E-state index < -0.39 is 0 Å². The van der Waals surface area contributed by atoms with Gasteiger partial charge in [0.05, 0.1) is 0 Å². The molecule has 118 valence electrons. The predicted octanol–water partition coefficient (Wildman–Crippen LogP) is 2.70. The van der Waals surface area contributed by atoms with Crippen molar-refractivity contribution in [1.29, 1.82) is 0 Å². The van der Waals surface area contributed by atoms with Crippen LogP contribution in [0.4, 0.5) is 0 Å². The molecule has 4 nitrogen and oxygen atoms in total. The lowest BCUT2D eigenvalue weighted by molar-refractivity contribution is 0.0977. The van der Waals surface area contributed by atoms with Gasteiger partial charge in [-0.05, 0) is 23.6 Å². The molecule has 2 aromatic rings. The van der Waals surface area contributed by atoms with Gasteiger partial charge in [-0.15, -0.1) is 11.3 Å². The maximum Gasteiger partial charge on any atom is 0.257 e. The summed E-state index contributed by atoms with van der Waals surface area (Å²) in [6, 6.07) is 13.5. The third-order valence-electron chi connectivity index (χ3n) is 4.39. The predicted molar refractivity (Wildman–Crippen MR) is 96.2 cm³/mol. The number of carbonyl (C=O) groups excluding carboxylic acids is 1. The highest BCUT2D eigenvalue weighted by Crippen LogP contribution is 2.44. The van der Waals surface area contributed by atoms with E-state index >= 15 is 0 Å². The highest BCUT2D eigenvalue weighted by Gasteiger charge is 2.47. The molecule has 0 aliphatic carbocycles. The number of amidine groups is 1. The van der Waals surface area contributed by atoms with E-state index in [9.17, 15) is 4.79 Å². The standard InChI is InChI=1S/C17H17N3OS2/c21-15(12-5-2-1-3-6-12)19-16-20-17(14-7-4-8-22-14)11-18-9-13(17)10-23-16/h1-8,13,18H,9-11H2,(H,19,20,21). The second-order valence-electron chi connectivity index (χ2n) is 5.78. The molecular weight excluding hydrogens is 326 g/mol. The Morgan fingerprint density at radius 1 is 1.26 bits per heavy atom. The summed E-state index contributed by atoms with van der Waals surface area (Å²) in [6.07, 6.45) is 0. The van der Waals surface area contributed by atoms with Crippen molar-refractivity contribution in [3.8, 4) is 0 Å². The molecule has 2 unspecified atom stereocenters. The van der Waals surface area contributed by atoms with Crippen molar-refractivity contribution in [3.63, 3.8) is 0 Å². The van der Waals surface area contributed by atoms with Gasteiger partial charge in [-0.2, -0.15) is 0 Å². The van der Waals surface area contributed by atoms with Gasteiger partial charge in [-0.3, -0.25) is 4.79 Å². The Morgan fingerprint density at radius 2 is 2.13 bits per heavy atom. The summed E-state index contributed by atoms with van der Waals surface area (Å²) >= 11 is 3.39. The van der Waals surface area contributed by atoms with E-state index in [0.29, 0.717) is 11.5 Å². The second-order valence-corrected chi connectivity index (χ2v) is 7.73. The maximum atomic E-state index is 12.4. The Labute approximate surface area is 143 Å². The van der Waals surface area contributed by atoms with Gasteiger partial charge >= 0.3 is 0 Å². The number of nitrogens with zero attached hydrogens (tertiary/aromatic N) is 1. The molecule has 1 aromatic heterocycles. The minimum atomic E-state index is -0.223. The zero-order valence-corrected chi connectivity index (χ0v) is 14.1. The number of amides is 1. The molecule has 1 saturated heterocycles. The first-order chi connectivity index (χ1) is 11.3. The zero-order valence-electron chi connectivity index (χ0n) is 12.5. The van der Waals surface area contributed by atoms with E-state index in [1.807, 2.05) is 30.3 Å². The molecule has 1 amide bonds. The van der Waals surface area contributed by atoms with Crippen LogP contribution in [0.15, 0.2) is 52.8 Å². The molecule has 2 aliphatic heterocycles. The van der Waals surface area contributed by atoms with Crippen molar-refractivity contribution < 1.29 is 4.79 Å². The molecule has 0 bridgehead atoms. The fraction of sp³-hybridized carbons (Fsp3) is 0.294. The normalized spacial score (nSPS) is 26.4. The first kappa shape index (κ1) is 14.9. The lowest BCUT2D eigenvalue weighted by Gasteiger charge is -2.34. The topological polar surface area (TPSA) is 53.5 Å². The molecule has 0 spiro atoms. The fourth-order valence-corrected chi connectivity index (χ4v) is 5.26. The molecule has 1 fully saturated rings. The van der Waals surface area contributed by atoms with Gasteiger partial charge in [0.2, 0.25) is 0 Å². The number of rotatable bonds is 2. The van der Waals surface area contributed by atoms with Crippen LogP contribution in [0.5, 0.6) is 0 Å². The number of hydrogen-bond acceptors (Lipinski definition) is 5. The van der Waals surface area contributed by atoms with Gasteiger partial charge in [0.25, 0.3) is 5.91 Å². The molecule has 4 rings (SSSR count). The van der Waals surface area contributed by atoms with E-state index in [4.69, 9.17) is 4.99 Å². The zero-order chi connectivity index (χ0) is 15.7. The summed E-state index contributed by atoms with van der Waals surface area (Å²) < 4.78 is 0. The van der Waals surface area contributed by atoms with Crippen LogP contribution in [-0.2, 0) is 5.54 Å². The number of fused-ring (bicyclic) bond motifs is 1. The SMILES string of the molecule is O=C(NC1=NC2(c3cccs3)CNCC2CS1)c1ccccc1. The number of thiophene rings is 1. The third-order valence-corrected chi connectivity index (χ3v) is 6.46. The smallest absolute Gasteiger partial charge is 0.257 e. The molecule has 6 heteroatoms. The number of benzene rings is 1. The van der Waals surface area contributed by atoms with Crippen molar-refractivity contribution in [2.75, 3.05) is 18.8 Å². The van der Waals surface area contributed by atoms with E-state index in [1.54, 1.807) is 23.1 Å².